The van der Waals surface area contributed by atoms with Gasteiger partial charge in [-0.2, -0.15) is 4.98 Å². The maximum absolute atomic E-state index is 5.43. The van der Waals surface area contributed by atoms with Crippen molar-refractivity contribution in [1.82, 2.24) is 34.1 Å². The van der Waals surface area contributed by atoms with Crippen LogP contribution in [0.4, 0.5) is 0 Å². The van der Waals surface area contributed by atoms with Gasteiger partial charge in [-0.3, -0.25) is 0 Å². The topological polar surface area (TPSA) is 92.8 Å². The highest BCUT2D eigenvalue weighted by atomic mass is 16.5. The lowest BCUT2D eigenvalue weighted by molar-refractivity contribution is 0.396. The Morgan fingerprint density at radius 1 is 1.00 bits per heavy atom. The standard InChI is InChI=1S/C21H19N7O2/c1-13-25-20-17(28(13)11-14-5-4-6-18(26-14)29-2)9-15(10-22-20)27-8-7-16-19(27)21(30-3)24-12-23-16/h4-10,12H,11H2,1-3H3. The SMILES string of the molecule is COc1cccc(Cn2c(C)nc3ncc(-n4ccc5ncnc(OC)c54)cc32)n1. The van der Waals surface area contributed by atoms with Crippen LogP contribution in [0.5, 0.6) is 11.8 Å². The van der Waals surface area contributed by atoms with E-state index in [2.05, 4.69) is 29.5 Å². The van der Waals surface area contributed by atoms with Crippen LogP contribution in [-0.2, 0) is 6.54 Å². The van der Waals surface area contributed by atoms with Crippen LogP contribution in [0.3, 0.4) is 0 Å². The van der Waals surface area contributed by atoms with E-state index >= 15 is 0 Å². The van der Waals surface area contributed by atoms with Crippen LogP contribution >= 0.6 is 0 Å². The number of nitrogens with zero attached hydrogens (tertiary/aromatic N) is 7. The van der Waals surface area contributed by atoms with Gasteiger partial charge in [0.2, 0.25) is 11.8 Å². The first kappa shape index (κ1) is 18.0. The van der Waals surface area contributed by atoms with Crippen LogP contribution in [0.1, 0.15) is 11.5 Å². The molecule has 0 fully saturated rings. The largest absolute Gasteiger partial charge is 0.481 e. The fourth-order valence-corrected chi connectivity index (χ4v) is 3.57. The summed E-state index contributed by atoms with van der Waals surface area (Å²) in [7, 11) is 3.21. The molecular weight excluding hydrogens is 382 g/mol. The van der Waals surface area contributed by atoms with Gasteiger partial charge in [-0.05, 0) is 25.1 Å². The van der Waals surface area contributed by atoms with Crippen molar-refractivity contribution >= 4 is 22.2 Å². The summed E-state index contributed by atoms with van der Waals surface area (Å²) in [6.07, 6.45) is 5.21. The van der Waals surface area contributed by atoms with Gasteiger partial charge in [-0.1, -0.05) is 6.07 Å². The molecule has 0 radical (unpaired) electrons. The molecule has 5 rings (SSSR count). The summed E-state index contributed by atoms with van der Waals surface area (Å²) in [5.41, 5.74) is 4.92. The van der Waals surface area contributed by atoms with E-state index in [0.717, 1.165) is 33.8 Å². The molecule has 9 nitrogen and oxygen atoms in total. The zero-order chi connectivity index (χ0) is 20.7. The van der Waals surface area contributed by atoms with Crippen LogP contribution < -0.4 is 9.47 Å². The fraction of sp³-hybridized carbons (Fsp3) is 0.190. The number of imidazole rings is 1. The highest BCUT2D eigenvalue weighted by molar-refractivity contribution is 5.83. The van der Waals surface area contributed by atoms with Crippen molar-refractivity contribution < 1.29 is 9.47 Å². The third-order valence-electron chi connectivity index (χ3n) is 5.00. The molecule has 0 saturated carbocycles. The Bertz CT molecular complexity index is 1370. The molecule has 150 valence electrons. The van der Waals surface area contributed by atoms with Crippen molar-refractivity contribution in [2.24, 2.45) is 0 Å². The van der Waals surface area contributed by atoms with E-state index in [1.165, 1.54) is 6.33 Å². The average Bonchev–Trinajstić information content (AvgIpc) is 3.34. The number of hydrogen-bond donors (Lipinski definition) is 0. The molecular formula is C21H19N7O2. The van der Waals surface area contributed by atoms with Crippen molar-refractivity contribution in [3.8, 4) is 17.4 Å². The van der Waals surface area contributed by atoms with Crippen molar-refractivity contribution in [3.63, 3.8) is 0 Å². The van der Waals surface area contributed by atoms with E-state index in [9.17, 15) is 0 Å². The van der Waals surface area contributed by atoms with Crippen molar-refractivity contribution in [3.05, 3.63) is 60.6 Å². The molecule has 0 aromatic carbocycles. The average molecular weight is 401 g/mol. The van der Waals surface area contributed by atoms with E-state index in [1.807, 2.05) is 48.0 Å². The second-order valence-electron chi connectivity index (χ2n) is 6.76. The summed E-state index contributed by atoms with van der Waals surface area (Å²) < 4.78 is 14.7. The van der Waals surface area contributed by atoms with E-state index in [1.54, 1.807) is 20.4 Å². The highest BCUT2D eigenvalue weighted by Gasteiger charge is 2.15. The quantitative estimate of drug-likeness (QED) is 0.447. The first-order valence-electron chi connectivity index (χ1n) is 9.37. The number of ether oxygens (including phenoxy) is 2. The number of hydrogen-bond acceptors (Lipinski definition) is 7. The molecule has 9 heteroatoms. The molecule has 5 heterocycles. The predicted octanol–water partition coefficient (Wildman–Crippen LogP) is 2.93. The summed E-state index contributed by atoms with van der Waals surface area (Å²) in [6, 6.07) is 9.69. The maximum atomic E-state index is 5.43. The van der Waals surface area contributed by atoms with Gasteiger partial charge < -0.3 is 18.6 Å². The van der Waals surface area contributed by atoms with E-state index in [4.69, 9.17) is 9.47 Å². The van der Waals surface area contributed by atoms with Crippen LogP contribution in [0.15, 0.2) is 49.1 Å². The Labute approximate surface area is 172 Å². The van der Waals surface area contributed by atoms with Crippen LogP contribution in [0, 0.1) is 6.92 Å². The number of fused-ring (bicyclic) bond motifs is 2. The second kappa shape index (κ2) is 7.11. The molecule has 0 aliphatic rings. The molecule has 0 unspecified atom stereocenters. The summed E-state index contributed by atoms with van der Waals surface area (Å²) >= 11 is 0. The Morgan fingerprint density at radius 2 is 1.90 bits per heavy atom. The molecule has 5 aromatic rings. The van der Waals surface area contributed by atoms with E-state index in [-0.39, 0.29) is 0 Å². The monoisotopic (exact) mass is 401 g/mol. The highest BCUT2D eigenvalue weighted by Crippen LogP contribution is 2.27. The van der Waals surface area contributed by atoms with Crippen molar-refractivity contribution in [2.45, 2.75) is 13.5 Å². The van der Waals surface area contributed by atoms with E-state index < -0.39 is 0 Å². The number of methoxy groups -OCH3 is 2. The molecule has 30 heavy (non-hydrogen) atoms. The van der Waals surface area contributed by atoms with Gasteiger partial charge in [0.25, 0.3) is 0 Å². The zero-order valence-corrected chi connectivity index (χ0v) is 16.8. The number of rotatable bonds is 5. The molecule has 0 spiro atoms. The third kappa shape index (κ3) is 2.91. The summed E-state index contributed by atoms with van der Waals surface area (Å²) in [5.74, 6) is 1.95. The molecule has 5 aromatic heterocycles. The Balaban J connectivity index is 1.64. The lowest BCUT2D eigenvalue weighted by Gasteiger charge is -2.10. The Hall–Kier alpha value is -4.01. The Kier molecular flexibility index (Phi) is 4.27. The molecule has 0 N–H and O–H groups in total. The molecule has 0 amide bonds. The normalized spacial score (nSPS) is 11.3. The number of pyridine rings is 2. The first-order valence-corrected chi connectivity index (χ1v) is 9.37. The lowest BCUT2D eigenvalue weighted by Crippen LogP contribution is -2.05. The fourth-order valence-electron chi connectivity index (χ4n) is 3.57. The first-order chi connectivity index (χ1) is 14.7. The second-order valence-corrected chi connectivity index (χ2v) is 6.76. The maximum Gasteiger partial charge on any atom is 0.241 e. The van der Waals surface area contributed by atoms with Crippen LogP contribution in [-0.4, -0.2) is 48.3 Å². The minimum absolute atomic E-state index is 0.510. The predicted molar refractivity (Wildman–Crippen MR) is 111 cm³/mol. The van der Waals surface area contributed by atoms with Gasteiger partial charge in [0.1, 0.15) is 17.7 Å². The van der Waals surface area contributed by atoms with Gasteiger partial charge in [-0.25, -0.2) is 19.9 Å². The minimum Gasteiger partial charge on any atom is -0.481 e. The summed E-state index contributed by atoms with van der Waals surface area (Å²) in [6.45, 7) is 2.52. The van der Waals surface area contributed by atoms with Gasteiger partial charge in [-0.15, -0.1) is 0 Å². The van der Waals surface area contributed by atoms with Crippen molar-refractivity contribution in [1.29, 1.82) is 0 Å². The smallest absolute Gasteiger partial charge is 0.241 e. The molecule has 0 bridgehead atoms. The van der Waals surface area contributed by atoms with Gasteiger partial charge in [0.05, 0.1) is 49.4 Å². The van der Waals surface area contributed by atoms with Gasteiger partial charge >= 0.3 is 0 Å². The molecule has 0 aliphatic carbocycles. The molecule has 0 saturated heterocycles. The Morgan fingerprint density at radius 3 is 2.73 bits per heavy atom. The number of aryl methyl sites for hydroxylation is 1. The molecule has 0 atom stereocenters. The van der Waals surface area contributed by atoms with Gasteiger partial charge in [0, 0.05) is 12.3 Å². The molecule has 0 aliphatic heterocycles. The zero-order valence-electron chi connectivity index (χ0n) is 16.8. The minimum atomic E-state index is 0.510. The third-order valence-corrected chi connectivity index (χ3v) is 5.00. The summed E-state index contributed by atoms with van der Waals surface area (Å²) in [5, 5.41) is 0. The van der Waals surface area contributed by atoms with Crippen LogP contribution in [0.25, 0.3) is 27.9 Å². The van der Waals surface area contributed by atoms with Crippen LogP contribution in [0.2, 0.25) is 0 Å². The lowest BCUT2D eigenvalue weighted by atomic mass is 10.3. The van der Waals surface area contributed by atoms with Gasteiger partial charge in [0.15, 0.2) is 5.65 Å². The number of aromatic nitrogens is 7. The summed E-state index contributed by atoms with van der Waals surface area (Å²) in [4.78, 5) is 22.3. The van der Waals surface area contributed by atoms with E-state index in [0.29, 0.717) is 24.0 Å². The van der Waals surface area contributed by atoms with Crippen molar-refractivity contribution in [2.75, 3.05) is 14.2 Å².